The third-order valence-electron chi connectivity index (χ3n) is 4.80. The first kappa shape index (κ1) is 22.3. The molecule has 0 aliphatic carbocycles. The van der Waals surface area contributed by atoms with Crippen LogP contribution in [0.3, 0.4) is 0 Å². The first-order chi connectivity index (χ1) is 11.7. The van der Waals surface area contributed by atoms with Gasteiger partial charge < -0.3 is 20.3 Å². The normalized spacial score (nSPS) is 17.5. The maximum Gasteiger partial charge on any atom is 0.254 e. The van der Waals surface area contributed by atoms with Gasteiger partial charge in [-0.15, -0.1) is 12.4 Å². The van der Waals surface area contributed by atoms with Gasteiger partial charge in [0.1, 0.15) is 5.75 Å². The summed E-state index contributed by atoms with van der Waals surface area (Å²) in [6, 6.07) is 6.59. The summed E-state index contributed by atoms with van der Waals surface area (Å²) in [6.07, 6.45) is 0. The summed E-state index contributed by atoms with van der Waals surface area (Å²) in [5, 5.41) is 0. The van der Waals surface area contributed by atoms with Crippen LogP contribution in [0.5, 0.6) is 5.75 Å². The van der Waals surface area contributed by atoms with Crippen LogP contribution in [0.2, 0.25) is 0 Å². The van der Waals surface area contributed by atoms with E-state index >= 15 is 0 Å². The van der Waals surface area contributed by atoms with Crippen molar-refractivity contribution < 1.29 is 14.3 Å². The van der Waals surface area contributed by atoms with Crippen LogP contribution in [0.15, 0.2) is 24.3 Å². The highest BCUT2D eigenvalue weighted by molar-refractivity contribution is 5.95. The molecule has 1 heterocycles. The van der Waals surface area contributed by atoms with Crippen LogP contribution in [0.25, 0.3) is 0 Å². The van der Waals surface area contributed by atoms with Crippen molar-refractivity contribution in [3.05, 3.63) is 29.8 Å². The van der Waals surface area contributed by atoms with Crippen LogP contribution in [0.4, 0.5) is 0 Å². The van der Waals surface area contributed by atoms with E-state index < -0.39 is 11.6 Å². The molecule has 0 radical (unpaired) electrons. The SMILES string of the molecule is COc1ccc(C(=O)N2CCN(C(=O)[C@@H](N)C(C)C)CC2(C)C)cc1.Cl. The number of amides is 2. The summed E-state index contributed by atoms with van der Waals surface area (Å²) in [6.45, 7) is 9.32. The van der Waals surface area contributed by atoms with E-state index in [9.17, 15) is 9.59 Å². The Hall–Kier alpha value is -1.79. The van der Waals surface area contributed by atoms with Crippen molar-refractivity contribution in [2.75, 3.05) is 26.7 Å². The van der Waals surface area contributed by atoms with E-state index in [1.165, 1.54) is 0 Å². The smallest absolute Gasteiger partial charge is 0.254 e. The van der Waals surface area contributed by atoms with E-state index in [1.807, 2.05) is 32.6 Å². The molecule has 1 saturated heterocycles. The van der Waals surface area contributed by atoms with Gasteiger partial charge in [0, 0.05) is 25.2 Å². The molecule has 7 heteroatoms. The summed E-state index contributed by atoms with van der Waals surface area (Å²) in [4.78, 5) is 29.0. The third-order valence-corrected chi connectivity index (χ3v) is 4.80. The Labute approximate surface area is 162 Å². The van der Waals surface area contributed by atoms with Crippen LogP contribution in [-0.4, -0.2) is 59.9 Å². The molecule has 1 aliphatic rings. The lowest BCUT2D eigenvalue weighted by Gasteiger charge is -2.47. The quantitative estimate of drug-likeness (QED) is 0.864. The van der Waals surface area contributed by atoms with E-state index in [4.69, 9.17) is 10.5 Å². The number of rotatable bonds is 4. The Morgan fingerprint density at radius 2 is 1.73 bits per heavy atom. The van der Waals surface area contributed by atoms with E-state index in [2.05, 4.69) is 0 Å². The van der Waals surface area contributed by atoms with Crippen molar-refractivity contribution in [3.8, 4) is 5.75 Å². The molecule has 2 N–H and O–H groups in total. The summed E-state index contributed by atoms with van der Waals surface area (Å²) < 4.78 is 5.14. The van der Waals surface area contributed by atoms with Gasteiger partial charge in [0.15, 0.2) is 0 Å². The van der Waals surface area contributed by atoms with E-state index in [-0.39, 0.29) is 30.1 Å². The number of halogens is 1. The standard InChI is InChI=1S/C19H29N3O3.ClH/c1-13(2)16(20)18(24)21-10-11-22(19(3,4)12-21)17(23)14-6-8-15(25-5)9-7-14;/h6-9,13,16H,10-12,20H2,1-5H3;1H/t16-;/m0./s1. The van der Waals surface area contributed by atoms with E-state index in [0.29, 0.717) is 30.9 Å². The van der Waals surface area contributed by atoms with Gasteiger partial charge in [-0.1, -0.05) is 13.8 Å². The number of ether oxygens (including phenoxy) is 1. The summed E-state index contributed by atoms with van der Waals surface area (Å²) >= 11 is 0. The van der Waals surface area contributed by atoms with Gasteiger partial charge in [-0.2, -0.15) is 0 Å². The number of hydrogen-bond donors (Lipinski definition) is 1. The average Bonchev–Trinajstić information content (AvgIpc) is 2.59. The van der Waals surface area contributed by atoms with Crippen molar-refractivity contribution in [2.24, 2.45) is 11.7 Å². The molecule has 26 heavy (non-hydrogen) atoms. The first-order valence-corrected chi connectivity index (χ1v) is 8.68. The summed E-state index contributed by atoms with van der Waals surface area (Å²) in [5.41, 5.74) is 6.17. The molecule has 1 atom stereocenters. The Kier molecular flexibility index (Phi) is 7.47. The van der Waals surface area contributed by atoms with Gasteiger partial charge in [0.05, 0.1) is 18.7 Å². The monoisotopic (exact) mass is 383 g/mol. The second-order valence-electron chi connectivity index (χ2n) is 7.53. The van der Waals surface area contributed by atoms with Gasteiger partial charge in [-0.25, -0.2) is 0 Å². The molecule has 0 bridgehead atoms. The fourth-order valence-corrected chi connectivity index (χ4v) is 3.10. The minimum absolute atomic E-state index is 0. The van der Waals surface area contributed by atoms with Gasteiger partial charge in [0.25, 0.3) is 5.91 Å². The fraction of sp³-hybridized carbons (Fsp3) is 0.579. The van der Waals surface area contributed by atoms with Crippen molar-refractivity contribution >= 4 is 24.2 Å². The largest absolute Gasteiger partial charge is 0.497 e. The molecular weight excluding hydrogens is 354 g/mol. The second-order valence-corrected chi connectivity index (χ2v) is 7.53. The van der Waals surface area contributed by atoms with Gasteiger partial charge in [0.2, 0.25) is 5.91 Å². The fourth-order valence-electron chi connectivity index (χ4n) is 3.10. The van der Waals surface area contributed by atoms with Crippen LogP contribution in [0.1, 0.15) is 38.1 Å². The Morgan fingerprint density at radius 3 is 2.19 bits per heavy atom. The number of nitrogens with zero attached hydrogens (tertiary/aromatic N) is 2. The number of methoxy groups -OCH3 is 1. The molecule has 1 fully saturated rings. The summed E-state index contributed by atoms with van der Waals surface area (Å²) in [5.74, 6) is 0.732. The van der Waals surface area contributed by atoms with Crippen molar-refractivity contribution in [3.63, 3.8) is 0 Å². The van der Waals surface area contributed by atoms with Crippen molar-refractivity contribution in [1.29, 1.82) is 0 Å². The number of carbonyl (C=O) groups is 2. The van der Waals surface area contributed by atoms with Crippen molar-refractivity contribution in [1.82, 2.24) is 9.80 Å². The molecule has 1 aromatic carbocycles. The van der Waals surface area contributed by atoms with Crippen LogP contribution in [-0.2, 0) is 4.79 Å². The van der Waals surface area contributed by atoms with Crippen LogP contribution < -0.4 is 10.5 Å². The highest BCUT2D eigenvalue weighted by atomic mass is 35.5. The minimum atomic E-state index is -0.500. The molecular formula is C19H30ClN3O3. The molecule has 146 valence electrons. The van der Waals surface area contributed by atoms with Crippen molar-refractivity contribution in [2.45, 2.75) is 39.3 Å². The highest BCUT2D eigenvalue weighted by Gasteiger charge is 2.39. The average molecular weight is 384 g/mol. The maximum absolute atomic E-state index is 12.9. The summed E-state index contributed by atoms with van der Waals surface area (Å²) in [7, 11) is 1.60. The predicted octanol–water partition coefficient (Wildman–Crippen LogP) is 2.16. The topological polar surface area (TPSA) is 75.9 Å². The number of benzene rings is 1. The Morgan fingerprint density at radius 1 is 1.15 bits per heavy atom. The van der Waals surface area contributed by atoms with Gasteiger partial charge in [-0.05, 0) is 44.0 Å². The third kappa shape index (κ3) is 4.68. The molecule has 6 nitrogen and oxygen atoms in total. The molecule has 2 amide bonds. The van der Waals surface area contributed by atoms with Gasteiger partial charge in [-0.3, -0.25) is 9.59 Å². The highest BCUT2D eigenvalue weighted by Crippen LogP contribution is 2.25. The zero-order valence-corrected chi connectivity index (χ0v) is 17.0. The second kappa shape index (κ2) is 8.73. The molecule has 0 unspecified atom stereocenters. The number of nitrogens with two attached hydrogens (primary N) is 1. The van der Waals surface area contributed by atoms with Crippen LogP contribution in [0, 0.1) is 5.92 Å². The molecule has 1 aliphatic heterocycles. The van der Waals surface area contributed by atoms with Crippen LogP contribution >= 0.6 is 12.4 Å². The lowest BCUT2D eigenvalue weighted by molar-refractivity contribution is -0.137. The molecule has 1 aromatic rings. The minimum Gasteiger partial charge on any atom is -0.497 e. The van der Waals surface area contributed by atoms with Gasteiger partial charge >= 0.3 is 0 Å². The number of piperazine rings is 1. The van der Waals surface area contributed by atoms with E-state index in [1.54, 1.807) is 36.3 Å². The predicted molar refractivity (Wildman–Crippen MR) is 105 cm³/mol. The Balaban J connectivity index is 0.00000338. The lowest BCUT2D eigenvalue weighted by atomic mass is 9.95. The van der Waals surface area contributed by atoms with E-state index in [0.717, 1.165) is 0 Å². The maximum atomic E-state index is 12.9. The zero-order valence-electron chi connectivity index (χ0n) is 16.2. The molecule has 0 spiro atoms. The number of hydrogen-bond acceptors (Lipinski definition) is 4. The Bertz CT molecular complexity index is 631. The number of carbonyl (C=O) groups excluding carboxylic acids is 2. The lowest BCUT2D eigenvalue weighted by Crippen LogP contribution is -2.64. The molecule has 0 aromatic heterocycles. The molecule has 2 rings (SSSR count). The first-order valence-electron chi connectivity index (χ1n) is 8.68. The zero-order chi connectivity index (χ0) is 18.8. The molecule has 0 saturated carbocycles.